The van der Waals surface area contributed by atoms with Crippen LogP contribution in [0.25, 0.3) is 0 Å². The molecule has 0 saturated heterocycles. The first kappa shape index (κ1) is 16.5. The first-order valence-corrected chi connectivity index (χ1v) is 7.63. The van der Waals surface area contributed by atoms with E-state index in [-0.39, 0.29) is 23.4 Å². The van der Waals surface area contributed by atoms with Crippen molar-refractivity contribution in [2.24, 2.45) is 28.9 Å². The van der Waals surface area contributed by atoms with Crippen molar-refractivity contribution >= 4 is 5.91 Å². The third-order valence-electron chi connectivity index (χ3n) is 5.72. The van der Waals surface area contributed by atoms with Crippen LogP contribution in [0.3, 0.4) is 0 Å². The Balaban J connectivity index is 2.87. The van der Waals surface area contributed by atoms with Gasteiger partial charge in [0.1, 0.15) is 0 Å². The quantitative estimate of drug-likeness (QED) is 0.855. The maximum Gasteiger partial charge on any atom is 0.226 e. The molecule has 0 aliphatic heterocycles. The van der Waals surface area contributed by atoms with Gasteiger partial charge in [0.05, 0.1) is 0 Å². The lowest BCUT2D eigenvalue weighted by Crippen LogP contribution is -2.53. The molecule has 1 amide bonds. The summed E-state index contributed by atoms with van der Waals surface area (Å²) in [7, 11) is 1.95. The van der Waals surface area contributed by atoms with E-state index in [9.17, 15) is 4.79 Å². The van der Waals surface area contributed by atoms with Crippen molar-refractivity contribution in [3.05, 3.63) is 0 Å². The largest absolute Gasteiger partial charge is 0.343 e. The van der Waals surface area contributed by atoms with E-state index in [1.165, 1.54) is 0 Å². The molecule has 2 N–H and O–H groups in total. The number of carbonyl (C=O) groups excluding carboxylic acids is 1. The van der Waals surface area contributed by atoms with Crippen LogP contribution in [0.5, 0.6) is 0 Å². The van der Waals surface area contributed by atoms with Crippen LogP contribution in [0.1, 0.15) is 54.4 Å². The molecule has 0 aromatic heterocycles. The Hall–Kier alpha value is -0.570. The molecule has 1 rings (SSSR count). The van der Waals surface area contributed by atoms with E-state index in [4.69, 9.17) is 5.73 Å². The van der Waals surface area contributed by atoms with Crippen LogP contribution < -0.4 is 5.73 Å². The minimum absolute atomic E-state index is 0.0142. The van der Waals surface area contributed by atoms with E-state index in [0.717, 1.165) is 12.8 Å². The summed E-state index contributed by atoms with van der Waals surface area (Å²) in [6.45, 7) is 13.1. The molecule has 19 heavy (non-hydrogen) atoms. The van der Waals surface area contributed by atoms with Gasteiger partial charge in [0.25, 0.3) is 0 Å². The first-order chi connectivity index (χ1) is 8.60. The van der Waals surface area contributed by atoms with Gasteiger partial charge in [0.15, 0.2) is 0 Å². The Morgan fingerprint density at radius 3 is 2.26 bits per heavy atom. The van der Waals surface area contributed by atoms with E-state index in [1.54, 1.807) is 0 Å². The number of hydrogen-bond acceptors (Lipinski definition) is 2. The SMILES string of the molecule is CC(C)C(C)N(C)C(=O)C1CCC(N)C(C)C1(C)C. The Bertz CT molecular complexity index is 325. The molecule has 1 aliphatic rings. The summed E-state index contributed by atoms with van der Waals surface area (Å²) < 4.78 is 0. The molecule has 3 heteroatoms. The van der Waals surface area contributed by atoms with Crippen LogP contribution in [0, 0.1) is 23.2 Å². The van der Waals surface area contributed by atoms with Crippen molar-refractivity contribution in [2.75, 3.05) is 7.05 Å². The molecule has 0 heterocycles. The van der Waals surface area contributed by atoms with Crippen LogP contribution in [-0.4, -0.2) is 29.9 Å². The van der Waals surface area contributed by atoms with Gasteiger partial charge in [-0.3, -0.25) is 4.79 Å². The predicted molar refractivity (Wildman–Crippen MR) is 80.7 cm³/mol. The van der Waals surface area contributed by atoms with Crippen molar-refractivity contribution in [1.82, 2.24) is 4.90 Å². The summed E-state index contributed by atoms with van der Waals surface area (Å²) in [6.07, 6.45) is 1.89. The van der Waals surface area contributed by atoms with Gasteiger partial charge in [-0.2, -0.15) is 0 Å². The molecule has 0 radical (unpaired) electrons. The van der Waals surface area contributed by atoms with E-state index < -0.39 is 0 Å². The van der Waals surface area contributed by atoms with Crippen molar-refractivity contribution in [1.29, 1.82) is 0 Å². The monoisotopic (exact) mass is 268 g/mol. The van der Waals surface area contributed by atoms with Gasteiger partial charge >= 0.3 is 0 Å². The van der Waals surface area contributed by atoms with Crippen molar-refractivity contribution in [2.45, 2.75) is 66.5 Å². The minimum atomic E-state index is -0.0142. The fourth-order valence-corrected chi connectivity index (χ4v) is 3.19. The highest BCUT2D eigenvalue weighted by atomic mass is 16.2. The second-order valence-corrected chi connectivity index (χ2v) is 7.34. The second-order valence-electron chi connectivity index (χ2n) is 7.34. The van der Waals surface area contributed by atoms with Gasteiger partial charge in [-0.05, 0) is 37.0 Å². The number of carbonyl (C=O) groups is 1. The van der Waals surface area contributed by atoms with Gasteiger partial charge in [-0.1, -0.05) is 34.6 Å². The number of rotatable bonds is 3. The standard InChI is InChI=1S/C16H32N2O/c1-10(2)12(4)18(7)15(19)13-8-9-14(17)11(3)16(13,5)6/h10-14H,8-9,17H2,1-7H3. The average Bonchev–Trinajstić information content (AvgIpc) is 2.33. The van der Waals surface area contributed by atoms with Gasteiger partial charge in [0.2, 0.25) is 5.91 Å². The second kappa shape index (κ2) is 5.82. The molecule has 4 atom stereocenters. The predicted octanol–water partition coefficient (Wildman–Crippen LogP) is 2.89. The zero-order chi connectivity index (χ0) is 15.0. The van der Waals surface area contributed by atoms with E-state index in [2.05, 4.69) is 41.5 Å². The van der Waals surface area contributed by atoms with E-state index >= 15 is 0 Å². The van der Waals surface area contributed by atoms with Crippen LogP contribution in [-0.2, 0) is 4.79 Å². The summed E-state index contributed by atoms with van der Waals surface area (Å²) in [5.41, 5.74) is 6.16. The van der Waals surface area contributed by atoms with Crippen molar-refractivity contribution < 1.29 is 4.79 Å². The van der Waals surface area contributed by atoms with Crippen LogP contribution in [0.4, 0.5) is 0 Å². The summed E-state index contributed by atoms with van der Waals surface area (Å²) in [4.78, 5) is 14.7. The van der Waals surface area contributed by atoms with E-state index in [0.29, 0.717) is 17.7 Å². The fraction of sp³-hybridized carbons (Fsp3) is 0.938. The van der Waals surface area contributed by atoms with Crippen molar-refractivity contribution in [3.63, 3.8) is 0 Å². The average molecular weight is 268 g/mol. The fourth-order valence-electron chi connectivity index (χ4n) is 3.19. The maximum atomic E-state index is 12.8. The number of hydrogen-bond donors (Lipinski definition) is 1. The molecular weight excluding hydrogens is 236 g/mol. The lowest BCUT2D eigenvalue weighted by Gasteiger charge is -2.47. The topological polar surface area (TPSA) is 46.3 Å². The Morgan fingerprint density at radius 1 is 1.26 bits per heavy atom. The van der Waals surface area contributed by atoms with E-state index in [1.807, 2.05) is 11.9 Å². The van der Waals surface area contributed by atoms with Crippen molar-refractivity contribution in [3.8, 4) is 0 Å². The molecule has 0 bridgehead atoms. The van der Waals surface area contributed by atoms with Crippen LogP contribution >= 0.6 is 0 Å². The van der Waals surface area contributed by atoms with Gasteiger partial charge < -0.3 is 10.6 Å². The highest BCUT2D eigenvalue weighted by molar-refractivity contribution is 5.80. The number of nitrogens with zero attached hydrogens (tertiary/aromatic N) is 1. The molecule has 1 aliphatic carbocycles. The Morgan fingerprint density at radius 2 is 1.79 bits per heavy atom. The van der Waals surface area contributed by atoms with Gasteiger partial charge in [-0.25, -0.2) is 0 Å². The summed E-state index contributed by atoms with van der Waals surface area (Å²) in [6, 6.07) is 0.515. The van der Waals surface area contributed by atoms with Crippen LogP contribution in [0.15, 0.2) is 0 Å². The molecule has 0 aromatic carbocycles. The molecule has 0 aromatic rings. The maximum absolute atomic E-state index is 12.8. The molecule has 1 fully saturated rings. The molecule has 3 nitrogen and oxygen atoms in total. The van der Waals surface area contributed by atoms with Crippen LogP contribution in [0.2, 0.25) is 0 Å². The first-order valence-electron chi connectivity index (χ1n) is 7.63. The van der Waals surface area contributed by atoms with Gasteiger partial charge in [-0.15, -0.1) is 0 Å². The molecular formula is C16H32N2O. The Kier molecular flexibility index (Phi) is 5.05. The molecule has 4 unspecified atom stereocenters. The molecule has 112 valence electrons. The number of amides is 1. The highest BCUT2D eigenvalue weighted by Gasteiger charge is 2.46. The lowest BCUT2D eigenvalue weighted by atomic mass is 9.60. The lowest BCUT2D eigenvalue weighted by molar-refractivity contribution is -0.144. The highest BCUT2D eigenvalue weighted by Crippen LogP contribution is 2.45. The summed E-state index contributed by atoms with van der Waals surface area (Å²) in [5.74, 6) is 1.27. The number of nitrogens with two attached hydrogens (primary N) is 1. The smallest absolute Gasteiger partial charge is 0.226 e. The zero-order valence-electron chi connectivity index (χ0n) is 13.7. The molecule has 1 saturated carbocycles. The van der Waals surface area contributed by atoms with Gasteiger partial charge in [0, 0.05) is 25.0 Å². The normalized spacial score (nSPS) is 32.2. The third-order valence-corrected chi connectivity index (χ3v) is 5.72. The third kappa shape index (κ3) is 3.13. The summed E-state index contributed by atoms with van der Waals surface area (Å²) >= 11 is 0. The summed E-state index contributed by atoms with van der Waals surface area (Å²) in [5, 5.41) is 0. The zero-order valence-corrected chi connectivity index (χ0v) is 13.7. The minimum Gasteiger partial charge on any atom is -0.343 e. The molecule has 0 spiro atoms. The Labute approximate surface area is 118 Å².